The zero-order valence-corrected chi connectivity index (χ0v) is 12.4. The first-order valence-electron chi connectivity index (χ1n) is 6.77. The number of thioether (sulfide) groups is 1. The van der Waals surface area contributed by atoms with Crippen LogP contribution in [0.1, 0.15) is 20.3 Å². The summed E-state index contributed by atoms with van der Waals surface area (Å²) in [6, 6.07) is 7.64. The van der Waals surface area contributed by atoms with Crippen LogP contribution in [0.25, 0.3) is 16.7 Å². The van der Waals surface area contributed by atoms with Crippen molar-refractivity contribution in [3.05, 3.63) is 34.6 Å². The Labute approximate surface area is 120 Å². The summed E-state index contributed by atoms with van der Waals surface area (Å²) in [6.07, 6.45) is 0.886. The molecule has 0 saturated heterocycles. The highest BCUT2D eigenvalue weighted by atomic mass is 32.2. The summed E-state index contributed by atoms with van der Waals surface area (Å²) in [5.74, 6) is 1.55. The predicted octanol–water partition coefficient (Wildman–Crippen LogP) is 2.57. The van der Waals surface area contributed by atoms with E-state index in [0.717, 1.165) is 22.8 Å². The molecule has 0 spiro atoms. The van der Waals surface area contributed by atoms with E-state index in [1.807, 2.05) is 28.7 Å². The van der Waals surface area contributed by atoms with Gasteiger partial charge >= 0.3 is 0 Å². The molecule has 0 radical (unpaired) electrons. The van der Waals surface area contributed by atoms with Crippen molar-refractivity contribution >= 4 is 28.4 Å². The summed E-state index contributed by atoms with van der Waals surface area (Å²) >= 11 is 1.63. The molecule has 0 aliphatic carbocycles. The minimum Gasteiger partial charge on any atom is -0.276 e. The van der Waals surface area contributed by atoms with Gasteiger partial charge in [-0.3, -0.25) is 13.8 Å². The second kappa shape index (κ2) is 5.28. The molecule has 104 valence electrons. The average molecular weight is 288 g/mol. The number of hydrogen-bond donors (Lipinski definition) is 0. The summed E-state index contributed by atoms with van der Waals surface area (Å²) in [4.78, 5) is 12.6. The van der Waals surface area contributed by atoms with Crippen LogP contribution in [-0.4, -0.2) is 24.9 Å². The van der Waals surface area contributed by atoms with E-state index in [1.165, 1.54) is 0 Å². The summed E-state index contributed by atoms with van der Waals surface area (Å²) in [6.45, 7) is 4.79. The van der Waals surface area contributed by atoms with E-state index >= 15 is 0 Å². The van der Waals surface area contributed by atoms with E-state index in [4.69, 9.17) is 0 Å². The Morgan fingerprint density at radius 3 is 2.75 bits per heavy atom. The minimum absolute atomic E-state index is 0.00963. The van der Waals surface area contributed by atoms with Crippen molar-refractivity contribution < 1.29 is 0 Å². The Kier molecular flexibility index (Phi) is 3.48. The van der Waals surface area contributed by atoms with Crippen LogP contribution in [-0.2, 0) is 6.54 Å². The summed E-state index contributed by atoms with van der Waals surface area (Å²) in [7, 11) is 0. The zero-order valence-electron chi connectivity index (χ0n) is 11.5. The molecule has 0 aliphatic rings. The molecule has 0 aliphatic heterocycles. The second-order valence-electron chi connectivity index (χ2n) is 4.52. The van der Waals surface area contributed by atoms with E-state index in [-0.39, 0.29) is 5.56 Å². The SMILES string of the molecule is CCCn1c(=O)c2ccccc2n2c(SCC)nnc12. The van der Waals surface area contributed by atoms with Gasteiger partial charge in [-0.05, 0) is 24.3 Å². The third kappa shape index (κ3) is 1.91. The van der Waals surface area contributed by atoms with Gasteiger partial charge in [0.15, 0.2) is 5.16 Å². The maximum absolute atomic E-state index is 12.6. The van der Waals surface area contributed by atoms with Crippen LogP contribution < -0.4 is 5.56 Å². The van der Waals surface area contributed by atoms with Crippen LogP contribution in [0.2, 0.25) is 0 Å². The summed E-state index contributed by atoms with van der Waals surface area (Å²) < 4.78 is 3.70. The molecule has 0 unspecified atom stereocenters. The van der Waals surface area contributed by atoms with Crippen LogP contribution in [0.15, 0.2) is 34.2 Å². The lowest BCUT2D eigenvalue weighted by molar-refractivity contribution is 0.662. The van der Waals surface area contributed by atoms with Crippen LogP contribution in [0.4, 0.5) is 0 Å². The number of aryl methyl sites for hydroxylation is 1. The van der Waals surface area contributed by atoms with Crippen LogP contribution in [0, 0.1) is 0 Å². The summed E-state index contributed by atoms with van der Waals surface area (Å²) in [5.41, 5.74) is 0.885. The lowest BCUT2D eigenvalue weighted by Crippen LogP contribution is -2.23. The second-order valence-corrected chi connectivity index (χ2v) is 5.76. The zero-order chi connectivity index (χ0) is 14.1. The quantitative estimate of drug-likeness (QED) is 0.692. The number of hydrogen-bond acceptors (Lipinski definition) is 4. The van der Waals surface area contributed by atoms with E-state index in [9.17, 15) is 4.79 Å². The molecule has 5 nitrogen and oxygen atoms in total. The molecule has 3 aromatic rings. The molecule has 2 heterocycles. The van der Waals surface area contributed by atoms with Gasteiger partial charge in [0, 0.05) is 6.54 Å². The van der Waals surface area contributed by atoms with E-state index in [2.05, 4.69) is 24.0 Å². The molecule has 0 fully saturated rings. The van der Waals surface area contributed by atoms with Crippen molar-refractivity contribution in [1.82, 2.24) is 19.2 Å². The first-order valence-corrected chi connectivity index (χ1v) is 7.76. The highest BCUT2D eigenvalue weighted by molar-refractivity contribution is 7.99. The van der Waals surface area contributed by atoms with Gasteiger partial charge < -0.3 is 0 Å². The molecule has 0 saturated carbocycles. The van der Waals surface area contributed by atoms with Crippen molar-refractivity contribution in [3.63, 3.8) is 0 Å². The summed E-state index contributed by atoms with van der Waals surface area (Å²) in [5, 5.41) is 10.0. The topological polar surface area (TPSA) is 52.2 Å². The Balaban J connectivity index is 2.48. The van der Waals surface area contributed by atoms with Crippen molar-refractivity contribution in [2.75, 3.05) is 5.75 Å². The lowest BCUT2D eigenvalue weighted by Gasteiger charge is -2.09. The molecule has 0 N–H and O–H groups in total. The smallest absolute Gasteiger partial charge is 0.262 e. The molecule has 0 amide bonds. The minimum atomic E-state index is 0.00963. The average Bonchev–Trinajstić information content (AvgIpc) is 2.88. The van der Waals surface area contributed by atoms with Crippen molar-refractivity contribution in [2.45, 2.75) is 32.0 Å². The Bertz CT molecular complexity index is 821. The fourth-order valence-corrected chi connectivity index (χ4v) is 3.05. The van der Waals surface area contributed by atoms with Crippen LogP contribution in [0.3, 0.4) is 0 Å². The molecular weight excluding hydrogens is 272 g/mol. The van der Waals surface area contributed by atoms with Crippen molar-refractivity contribution in [2.24, 2.45) is 0 Å². The third-order valence-corrected chi connectivity index (χ3v) is 4.01. The fraction of sp³-hybridized carbons (Fsp3) is 0.357. The van der Waals surface area contributed by atoms with Gasteiger partial charge in [-0.2, -0.15) is 0 Å². The Morgan fingerprint density at radius 1 is 1.20 bits per heavy atom. The standard InChI is InChI=1S/C14H16N4OS/c1-3-9-17-12(19)10-7-5-6-8-11(10)18-13(17)15-16-14(18)20-4-2/h5-8H,3-4,9H2,1-2H3. The highest BCUT2D eigenvalue weighted by Gasteiger charge is 2.15. The molecule has 0 bridgehead atoms. The number of nitrogens with zero attached hydrogens (tertiary/aromatic N) is 4. The number of fused-ring (bicyclic) bond motifs is 3. The van der Waals surface area contributed by atoms with E-state index in [1.54, 1.807) is 16.3 Å². The molecule has 3 rings (SSSR count). The molecular formula is C14H16N4OS. The predicted molar refractivity (Wildman–Crippen MR) is 81.4 cm³/mol. The van der Waals surface area contributed by atoms with Gasteiger partial charge in [-0.1, -0.05) is 37.7 Å². The molecule has 6 heteroatoms. The maximum atomic E-state index is 12.6. The first kappa shape index (κ1) is 13.2. The maximum Gasteiger partial charge on any atom is 0.262 e. The molecule has 2 aromatic heterocycles. The number of rotatable bonds is 4. The lowest BCUT2D eigenvalue weighted by atomic mass is 10.2. The first-order chi connectivity index (χ1) is 9.77. The number of benzene rings is 1. The molecule has 20 heavy (non-hydrogen) atoms. The Hall–Kier alpha value is -1.82. The Morgan fingerprint density at radius 2 is 2.00 bits per heavy atom. The van der Waals surface area contributed by atoms with Crippen molar-refractivity contribution in [1.29, 1.82) is 0 Å². The van der Waals surface area contributed by atoms with Crippen LogP contribution >= 0.6 is 11.8 Å². The van der Waals surface area contributed by atoms with Crippen molar-refractivity contribution in [3.8, 4) is 0 Å². The van der Waals surface area contributed by atoms with Gasteiger partial charge in [0.2, 0.25) is 5.78 Å². The normalized spacial score (nSPS) is 11.5. The number of para-hydroxylation sites is 1. The van der Waals surface area contributed by atoms with Gasteiger partial charge in [-0.15, -0.1) is 10.2 Å². The van der Waals surface area contributed by atoms with E-state index < -0.39 is 0 Å². The van der Waals surface area contributed by atoms with Gasteiger partial charge in [-0.25, -0.2) is 0 Å². The fourth-order valence-electron chi connectivity index (χ4n) is 2.38. The van der Waals surface area contributed by atoms with Gasteiger partial charge in [0.25, 0.3) is 5.56 Å². The molecule has 0 atom stereocenters. The molecule has 1 aromatic carbocycles. The highest BCUT2D eigenvalue weighted by Crippen LogP contribution is 2.21. The van der Waals surface area contributed by atoms with Gasteiger partial charge in [0.05, 0.1) is 10.9 Å². The van der Waals surface area contributed by atoms with E-state index in [0.29, 0.717) is 17.7 Å². The van der Waals surface area contributed by atoms with Crippen LogP contribution in [0.5, 0.6) is 0 Å². The van der Waals surface area contributed by atoms with Gasteiger partial charge in [0.1, 0.15) is 0 Å². The third-order valence-electron chi connectivity index (χ3n) is 3.20. The monoisotopic (exact) mass is 288 g/mol. The largest absolute Gasteiger partial charge is 0.276 e. The number of aromatic nitrogens is 4.